The first kappa shape index (κ1) is 19.2. The summed E-state index contributed by atoms with van der Waals surface area (Å²) in [6, 6.07) is 5.94. The maximum absolute atomic E-state index is 12.5. The smallest absolute Gasteiger partial charge is 0.305 e. The van der Waals surface area contributed by atoms with Crippen molar-refractivity contribution in [1.82, 2.24) is 20.3 Å². The highest BCUT2D eigenvalue weighted by atomic mass is 32.1. The van der Waals surface area contributed by atoms with E-state index >= 15 is 0 Å². The Balaban J connectivity index is 1.48. The minimum absolute atomic E-state index is 0.0103. The Morgan fingerprint density at radius 3 is 2.97 bits per heavy atom. The predicted octanol–water partition coefficient (Wildman–Crippen LogP) is 3.97. The molecule has 1 aliphatic carbocycles. The van der Waals surface area contributed by atoms with Gasteiger partial charge in [0.25, 0.3) is 0 Å². The van der Waals surface area contributed by atoms with E-state index in [9.17, 15) is 9.59 Å². The van der Waals surface area contributed by atoms with Gasteiger partial charge >= 0.3 is 4.87 Å². The number of H-pyrrole nitrogens is 1. The molecule has 0 saturated carbocycles. The van der Waals surface area contributed by atoms with E-state index in [1.165, 1.54) is 21.8 Å². The minimum Gasteiger partial charge on any atom is -0.354 e. The van der Waals surface area contributed by atoms with Crippen LogP contribution in [0.15, 0.2) is 29.3 Å². The zero-order valence-corrected chi connectivity index (χ0v) is 18.2. The molecule has 3 N–H and O–H groups in total. The highest BCUT2D eigenvalue weighted by Crippen LogP contribution is 2.40. The fourth-order valence-electron chi connectivity index (χ4n) is 3.99. The number of aryl methyl sites for hydroxylation is 1. The summed E-state index contributed by atoms with van der Waals surface area (Å²) in [5.74, 6) is 0.914. The van der Waals surface area contributed by atoms with Gasteiger partial charge in [0, 0.05) is 22.5 Å². The van der Waals surface area contributed by atoms with Crippen LogP contribution in [0.5, 0.6) is 0 Å². The maximum Gasteiger partial charge on any atom is 0.305 e. The summed E-state index contributed by atoms with van der Waals surface area (Å²) in [6.07, 6.45) is 3.99. The van der Waals surface area contributed by atoms with Crippen LogP contribution in [-0.2, 0) is 17.6 Å². The van der Waals surface area contributed by atoms with Gasteiger partial charge in [-0.1, -0.05) is 11.3 Å². The Morgan fingerprint density at radius 2 is 2.13 bits per heavy atom. The van der Waals surface area contributed by atoms with Crippen molar-refractivity contribution in [3.8, 4) is 0 Å². The summed E-state index contributed by atoms with van der Waals surface area (Å²) in [5.41, 5.74) is 2.96. The number of thiophene rings is 1. The lowest BCUT2D eigenvalue weighted by atomic mass is 9.87. The van der Waals surface area contributed by atoms with Crippen LogP contribution in [0.4, 0.5) is 11.5 Å². The molecule has 1 amide bonds. The second-order valence-corrected chi connectivity index (χ2v) is 9.96. The largest absolute Gasteiger partial charge is 0.354 e. The lowest BCUT2D eigenvalue weighted by Crippen LogP contribution is -2.37. The number of anilines is 2. The molecule has 1 aliphatic rings. The van der Waals surface area contributed by atoms with Gasteiger partial charge in [0.15, 0.2) is 0 Å². The summed E-state index contributed by atoms with van der Waals surface area (Å²) in [7, 11) is 0. The van der Waals surface area contributed by atoms with E-state index in [2.05, 4.69) is 25.6 Å². The van der Waals surface area contributed by atoms with Crippen LogP contribution in [0.2, 0.25) is 0 Å². The van der Waals surface area contributed by atoms with Crippen molar-refractivity contribution in [2.45, 2.75) is 39.2 Å². The summed E-state index contributed by atoms with van der Waals surface area (Å²) in [5, 5.41) is 7.49. The Kier molecular flexibility index (Phi) is 4.79. The van der Waals surface area contributed by atoms with Gasteiger partial charge in [-0.05, 0) is 56.9 Å². The average molecular weight is 440 g/mol. The molecule has 0 spiro atoms. The molecule has 4 aromatic rings. The summed E-state index contributed by atoms with van der Waals surface area (Å²) in [6.45, 7) is 3.98. The molecule has 0 unspecified atom stereocenters. The van der Waals surface area contributed by atoms with E-state index in [-0.39, 0.29) is 22.7 Å². The lowest BCUT2D eigenvalue weighted by Gasteiger charge is -2.22. The van der Waals surface area contributed by atoms with Crippen molar-refractivity contribution in [3.63, 3.8) is 0 Å². The van der Waals surface area contributed by atoms with E-state index in [1.54, 1.807) is 17.7 Å². The Hall–Kier alpha value is -2.78. The quantitative estimate of drug-likeness (QED) is 0.447. The number of carbonyl (C=O) groups excluding carboxylic acids is 1. The number of hydrogen-bond acceptors (Lipinski definition) is 7. The number of benzene rings is 1. The van der Waals surface area contributed by atoms with E-state index < -0.39 is 0 Å². The Labute approximate surface area is 180 Å². The third kappa shape index (κ3) is 3.48. The number of thiazole rings is 1. The molecule has 1 aromatic carbocycles. The number of hydrogen-bond donors (Lipinski definition) is 3. The van der Waals surface area contributed by atoms with Crippen molar-refractivity contribution in [2.75, 3.05) is 5.32 Å². The standard InChI is InChI=1S/C21H21N5O2S2/c1-10(2)24-19(27)11-3-5-13-15(7-11)29-20-17(13)18(22-9-23-20)25-12-4-6-14-16(8-12)30-21(28)26-14/h4,6,8-11H,3,5,7H2,1-2H3,(H,24,27)(H,26,28)(H,22,23,25)/t11-/m1/s1. The molecule has 5 rings (SSSR count). The van der Waals surface area contributed by atoms with Crippen molar-refractivity contribution >= 4 is 60.5 Å². The zero-order chi connectivity index (χ0) is 20.8. The zero-order valence-electron chi connectivity index (χ0n) is 16.6. The topological polar surface area (TPSA) is 99.8 Å². The first-order chi connectivity index (χ1) is 14.5. The van der Waals surface area contributed by atoms with Gasteiger partial charge in [-0.2, -0.15) is 0 Å². The molecule has 9 heteroatoms. The van der Waals surface area contributed by atoms with Crippen LogP contribution in [0.25, 0.3) is 20.4 Å². The number of rotatable bonds is 4. The molecular weight excluding hydrogens is 418 g/mol. The molecule has 0 fully saturated rings. The molecule has 7 nitrogen and oxygen atoms in total. The third-order valence-electron chi connectivity index (χ3n) is 5.33. The molecule has 0 aliphatic heterocycles. The number of aromatic nitrogens is 3. The molecule has 1 atom stereocenters. The third-order valence-corrected chi connectivity index (χ3v) is 7.34. The minimum atomic E-state index is -0.0606. The molecule has 3 heterocycles. The fourth-order valence-corrected chi connectivity index (χ4v) is 6.03. The van der Waals surface area contributed by atoms with Crippen LogP contribution < -0.4 is 15.5 Å². The van der Waals surface area contributed by atoms with Gasteiger partial charge in [-0.3, -0.25) is 9.59 Å². The van der Waals surface area contributed by atoms with E-state index in [4.69, 9.17) is 0 Å². The second kappa shape index (κ2) is 7.48. The van der Waals surface area contributed by atoms with Crippen molar-refractivity contribution < 1.29 is 4.79 Å². The first-order valence-corrected chi connectivity index (χ1v) is 11.6. The van der Waals surface area contributed by atoms with Crippen molar-refractivity contribution in [2.24, 2.45) is 5.92 Å². The first-order valence-electron chi connectivity index (χ1n) is 9.93. The highest BCUT2D eigenvalue weighted by molar-refractivity contribution is 7.19. The normalized spacial score (nSPS) is 16.2. The van der Waals surface area contributed by atoms with Gasteiger partial charge < -0.3 is 15.6 Å². The molecule has 0 bridgehead atoms. The molecule has 0 radical (unpaired) electrons. The van der Waals surface area contributed by atoms with Crippen molar-refractivity contribution in [3.05, 3.63) is 44.6 Å². The van der Waals surface area contributed by atoms with Gasteiger partial charge in [0.1, 0.15) is 17.0 Å². The summed E-state index contributed by atoms with van der Waals surface area (Å²) in [4.78, 5) is 38.0. The number of nitrogens with one attached hydrogen (secondary N) is 3. The van der Waals surface area contributed by atoms with Crippen LogP contribution in [0, 0.1) is 5.92 Å². The Bertz CT molecular complexity index is 1320. The molecular formula is C21H21N5O2S2. The average Bonchev–Trinajstić information content (AvgIpc) is 3.26. The van der Waals surface area contributed by atoms with Crippen molar-refractivity contribution in [1.29, 1.82) is 0 Å². The van der Waals surface area contributed by atoms with Crippen LogP contribution in [0.1, 0.15) is 30.7 Å². The van der Waals surface area contributed by atoms with E-state index in [0.29, 0.717) is 0 Å². The van der Waals surface area contributed by atoms with Gasteiger partial charge in [0.2, 0.25) is 5.91 Å². The van der Waals surface area contributed by atoms with Gasteiger partial charge in [-0.25, -0.2) is 9.97 Å². The summed E-state index contributed by atoms with van der Waals surface area (Å²) < 4.78 is 0.904. The predicted molar refractivity (Wildman–Crippen MR) is 122 cm³/mol. The molecule has 0 saturated heterocycles. The number of nitrogens with zero attached hydrogens (tertiary/aromatic N) is 2. The van der Waals surface area contributed by atoms with Gasteiger partial charge in [0.05, 0.1) is 15.6 Å². The Morgan fingerprint density at radius 1 is 1.27 bits per heavy atom. The molecule has 154 valence electrons. The van der Waals surface area contributed by atoms with Crippen LogP contribution in [0.3, 0.4) is 0 Å². The monoisotopic (exact) mass is 439 g/mol. The lowest BCUT2D eigenvalue weighted by molar-refractivity contribution is -0.125. The SMILES string of the molecule is CC(C)NC(=O)[C@@H]1CCc2c(sc3ncnc(Nc4ccc5[nH]c(=O)sc5c4)c23)C1. The van der Waals surface area contributed by atoms with Crippen LogP contribution in [-0.4, -0.2) is 26.9 Å². The molecule has 30 heavy (non-hydrogen) atoms. The summed E-state index contributed by atoms with van der Waals surface area (Å²) >= 11 is 2.85. The maximum atomic E-state index is 12.5. The van der Waals surface area contributed by atoms with Crippen LogP contribution >= 0.6 is 22.7 Å². The number of amides is 1. The second-order valence-electron chi connectivity index (χ2n) is 7.86. The van der Waals surface area contributed by atoms with E-state index in [0.717, 1.165) is 51.2 Å². The number of aromatic amines is 1. The number of fused-ring (bicyclic) bond motifs is 4. The highest BCUT2D eigenvalue weighted by Gasteiger charge is 2.29. The van der Waals surface area contributed by atoms with E-state index in [1.807, 2.05) is 32.0 Å². The molecule has 3 aromatic heterocycles. The fraction of sp³-hybridized carbons (Fsp3) is 0.333. The number of carbonyl (C=O) groups is 1. The van der Waals surface area contributed by atoms with Gasteiger partial charge in [-0.15, -0.1) is 11.3 Å².